The Labute approximate surface area is 91.7 Å². The predicted molar refractivity (Wildman–Crippen MR) is 30.9 cm³/mol. The summed E-state index contributed by atoms with van der Waals surface area (Å²) in [4.78, 5) is 0. The number of halogens is 2. The zero-order chi connectivity index (χ0) is 8.43. The van der Waals surface area contributed by atoms with Crippen LogP contribution in [0.5, 0.6) is 0 Å². The molecule has 0 aliphatic carbocycles. The molecule has 0 spiro atoms. The van der Waals surface area contributed by atoms with Crippen molar-refractivity contribution >= 4 is 11.1 Å². The van der Waals surface area contributed by atoms with Gasteiger partial charge in [0.2, 0.25) is 0 Å². The molecule has 1 atom stereocenters. The van der Waals surface area contributed by atoms with Gasteiger partial charge in [-0.2, -0.15) is 0 Å². The zero-order valence-corrected chi connectivity index (χ0v) is 8.94. The molecule has 0 amide bonds. The summed E-state index contributed by atoms with van der Waals surface area (Å²) in [7, 11) is 0. The van der Waals surface area contributed by atoms with Gasteiger partial charge in [0.1, 0.15) is 0 Å². The Kier molecular flexibility index (Phi) is 5.19. The first-order chi connectivity index (χ1) is 5.11. The van der Waals surface area contributed by atoms with Gasteiger partial charge in [0.15, 0.2) is 10.9 Å². The number of hydrogen-bond acceptors (Lipinski definition) is 3. The van der Waals surface area contributed by atoms with E-state index in [-0.39, 0.29) is 29.6 Å². The van der Waals surface area contributed by atoms with Crippen molar-refractivity contribution in [1.82, 2.24) is 0 Å². The first-order valence-electron chi connectivity index (χ1n) is 2.58. The van der Waals surface area contributed by atoms with E-state index in [4.69, 9.17) is 0 Å². The third-order valence-corrected chi connectivity index (χ3v) is 1.53. The van der Waals surface area contributed by atoms with Gasteiger partial charge in [0, 0.05) is 11.1 Å². The minimum Gasteiger partial charge on any atom is -0.766 e. The van der Waals surface area contributed by atoms with E-state index in [9.17, 15) is 17.5 Å². The fourth-order valence-electron chi connectivity index (χ4n) is 0.541. The Balaban J connectivity index is 0.00000121. The third kappa shape index (κ3) is 2.95. The van der Waals surface area contributed by atoms with Crippen LogP contribution in [0.1, 0.15) is 12.2 Å². The molecule has 0 saturated carbocycles. The standard InChI is InChI=1S/C5H4F2O3S.Na/c6-5(7)3-1-2-4(10-3)11(8)9;/h1-2,5H,(H,8,9);/q;+1/p-1. The minimum absolute atomic E-state index is 0. The van der Waals surface area contributed by atoms with Crippen LogP contribution in [0.15, 0.2) is 21.6 Å². The normalized spacial score (nSPS) is 12.7. The van der Waals surface area contributed by atoms with Crippen LogP contribution in [0.25, 0.3) is 0 Å². The van der Waals surface area contributed by atoms with Gasteiger partial charge >= 0.3 is 29.6 Å². The molecule has 0 bridgehead atoms. The molecule has 0 radical (unpaired) electrons. The van der Waals surface area contributed by atoms with Gasteiger partial charge in [-0.15, -0.1) is 0 Å². The van der Waals surface area contributed by atoms with E-state index in [0.29, 0.717) is 0 Å². The van der Waals surface area contributed by atoms with Crippen molar-refractivity contribution in [3.8, 4) is 0 Å². The van der Waals surface area contributed by atoms with Crippen LogP contribution in [0, 0.1) is 0 Å². The quantitative estimate of drug-likeness (QED) is 0.433. The average Bonchev–Trinajstić information content (AvgIpc) is 2.33. The third-order valence-electron chi connectivity index (χ3n) is 0.981. The summed E-state index contributed by atoms with van der Waals surface area (Å²) in [6.45, 7) is 0. The van der Waals surface area contributed by atoms with Crippen LogP contribution < -0.4 is 29.6 Å². The van der Waals surface area contributed by atoms with Crippen LogP contribution in [0.4, 0.5) is 8.78 Å². The Morgan fingerprint density at radius 3 is 2.33 bits per heavy atom. The molecule has 1 aromatic rings. The summed E-state index contributed by atoms with van der Waals surface area (Å²) < 4.78 is 47.9. The fourth-order valence-corrected chi connectivity index (χ4v) is 0.885. The molecule has 0 saturated heterocycles. The molecule has 0 fully saturated rings. The number of furan rings is 1. The van der Waals surface area contributed by atoms with Crippen molar-refractivity contribution in [1.29, 1.82) is 0 Å². The zero-order valence-electron chi connectivity index (χ0n) is 6.12. The summed E-state index contributed by atoms with van der Waals surface area (Å²) in [5.41, 5.74) is 0. The van der Waals surface area contributed by atoms with E-state index in [1.165, 1.54) is 0 Å². The monoisotopic (exact) mass is 204 g/mol. The Bertz CT molecular complexity index is 275. The van der Waals surface area contributed by atoms with Gasteiger partial charge in [-0.25, -0.2) is 8.78 Å². The smallest absolute Gasteiger partial charge is 0.766 e. The average molecular weight is 204 g/mol. The maximum absolute atomic E-state index is 11.7. The second-order valence-electron chi connectivity index (χ2n) is 1.69. The number of hydrogen-bond donors (Lipinski definition) is 0. The molecule has 62 valence electrons. The Morgan fingerprint density at radius 1 is 1.50 bits per heavy atom. The van der Waals surface area contributed by atoms with E-state index in [1.54, 1.807) is 0 Å². The molecule has 1 aromatic heterocycles. The van der Waals surface area contributed by atoms with Crippen molar-refractivity contribution in [3.63, 3.8) is 0 Å². The van der Waals surface area contributed by atoms with E-state index >= 15 is 0 Å². The van der Waals surface area contributed by atoms with E-state index in [0.717, 1.165) is 12.1 Å². The maximum atomic E-state index is 11.7. The minimum atomic E-state index is -2.77. The molecule has 1 unspecified atom stereocenters. The molecule has 7 heteroatoms. The summed E-state index contributed by atoms with van der Waals surface area (Å²) in [6.07, 6.45) is -2.77. The van der Waals surface area contributed by atoms with Gasteiger partial charge in [0.25, 0.3) is 6.43 Å². The molecule has 12 heavy (non-hydrogen) atoms. The molecule has 1 heterocycles. The molecule has 1 rings (SSSR count). The van der Waals surface area contributed by atoms with Crippen molar-refractivity contribution in [3.05, 3.63) is 17.9 Å². The van der Waals surface area contributed by atoms with Gasteiger partial charge in [-0.05, 0) is 12.1 Å². The summed E-state index contributed by atoms with van der Waals surface area (Å²) >= 11 is -2.57. The van der Waals surface area contributed by atoms with Gasteiger partial charge in [0.05, 0.1) is 0 Å². The van der Waals surface area contributed by atoms with Crippen LogP contribution in [0.3, 0.4) is 0 Å². The SMILES string of the molecule is O=S([O-])c1ccc(C(F)F)o1.[Na+]. The summed E-state index contributed by atoms with van der Waals surface area (Å²) in [5, 5.41) is -0.472. The second kappa shape index (κ2) is 5.08. The molecule has 0 aliphatic rings. The predicted octanol–water partition coefficient (Wildman–Crippen LogP) is -1.54. The van der Waals surface area contributed by atoms with Crippen molar-refractivity contribution in [2.45, 2.75) is 11.5 Å². The molecule has 0 aromatic carbocycles. The Morgan fingerprint density at radius 2 is 2.08 bits per heavy atom. The first-order valence-corrected chi connectivity index (χ1v) is 3.66. The van der Waals surface area contributed by atoms with E-state index in [1.807, 2.05) is 0 Å². The van der Waals surface area contributed by atoms with Crippen LogP contribution in [0.2, 0.25) is 0 Å². The Hall–Kier alpha value is 0.250. The first kappa shape index (κ1) is 12.2. The molecule has 3 nitrogen and oxygen atoms in total. The number of rotatable bonds is 2. The van der Waals surface area contributed by atoms with Crippen LogP contribution in [-0.2, 0) is 11.1 Å². The molecular weight excluding hydrogens is 201 g/mol. The topological polar surface area (TPSA) is 53.3 Å². The van der Waals surface area contributed by atoms with Crippen molar-refractivity contribution < 1.29 is 51.5 Å². The van der Waals surface area contributed by atoms with Crippen molar-refractivity contribution in [2.24, 2.45) is 0 Å². The number of alkyl halides is 2. The fraction of sp³-hybridized carbons (Fsp3) is 0.200. The summed E-state index contributed by atoms with van der Waals surface area (Å²) in [5.74, 6) is -0.635. The largest absolute Gasteiger partial charge is 1.00 e. The van der Waals surface area contributed by atoms with Gasteiger partial charge in [-0.1, -0.05) is 0 Å². The summed E-state index contributed by atoms with van der Waals surface area (Å²) in [6, 6.07) is 1.90. The van der Waals surface area contributed by atoms with Crippen LogP contribution in [-0.4, -0.2) is 8.76 Å². The molecule has 0 N–H and O–H groups in total. The molecular formula is C5H3F2NaO3S. The second-order valence-corrected chi connectivity index (χ2v) is 2.56. The van der Waals surface area contributed by atoms with E-state index in [2.05, 4.69) is 4.42 Å². The molecule has 0 aliphatic heterocycles. The van der Waals surface area contributed by atoms with E-state index < -0.39 is 28.4 Å². The maximum Gasteiger partial charge on any atom is 1.00 e. The van der Waals surface area contributed by atoms with Crippen molar-refractivity contribution in [2.75, 3.05) is 0 Å². The van der Waals surface area contributed by atoms with Crippen LogP contribution >= 0.6 is 0 Å². The van der Waals surface area contributed by atoms with Gasteiger partial charge in [-0.3, -0.25) is 4.21 Å². The van der Waals surface area contributed by atoms with Gasteiger partial charge < -0.3 is 8.97 Å².